The topological polar surface area (TPSA) is 61.7 Å². The molecule has 1 aliphatic carbocycles. The van der Waals surface area contributed by atoms with Crippen LogP contribution in [0.3, 0.4) is 0 Å². The third kappa shape index (κ3) is 6.04. The number of nitrogens with one attached hydrogen (secondary N) is 1. The molecule has 0 aromatic heterocycles. The van der Waals surface area contributed by atoms with E-state index in [9.17, 15) is 10.2 Å². The normalized spacial score (nSPS) is 23.8. The lowest BCUT2D eigenvalue weighted by Gasteiger charge is -2.26. The zero-order chi connectivity index (χ0) is 15.1. The number of hydrogen-bond acceptors (Lipinski definition) is 4. The van der Waals surface area contributed by atoms with Crippen molar-refractivity contribution in [2.75, 3.05) is 19.7 Å². The highest BCUT2D eigenvalue weighted by molar-refractivity contribution is 5.27. The maximum absolute atomic E-state index is 9.92. The quantitative estimate of drug-likeness (QED) is 0.718. The van der Waals surface area contributed by atoms with Crippen LogP contribution in [-0.4, -0.2) is 42.1 Å². The molecule has 1 saturated carbocycles. The molecule has 1 fully saturated rings. The first-order chi connectivity index (χ1) is 10.1. The summed E-state index contributed by atoms with van der Waals surface area (Å²) < 4.78 is 5.58. The number of ether oxygens (including phenoxy) is 1. The molecule has 0 radical (unpaired) electrons. The molecule has 4 heteroatoms. The Morgan fingerprint density at radius 3 is 3.00 bits per heavy atom. The zero-order valence-corrected chi connectivity index (χ0v) is 12.8. The maximum atomic E-state index is 9.92. The predicted octanol–water partition coefficient (Wildman–Crippen LogP) is 1.88. The Morgan fingerprint density at radius 1 is 1.38 bits per heavy atom. The van der Waals surface area contributed by atoms with Crippen molar-refractivity contribution in [3.63, 3.8) is 0 Å². The Hall–Kier alpha value is -1.10. The lowest BCUT2D eigenvalue weighted by molar-refractivity contribution is 0.0903. The Balaban J connectivity index is 1.60. The molecule has 0 saturated heterocycles. The first-order valence-corrected chi connectivity index (χ1v) is 7.90. The van der Waals surface area contributed by atoms with Gasteiger partial charge in [0.15, 0.2) is 0 Å². The van der Waals surface area contributed by atoms with Crippen LogP contribution in [0.25, 0.3) is 0 Å². The average Bonchev–Trinajstić information content (AvgIpc) is 2.45. The molecule has 1 aliphatic rings. The Labute approximate surface area is 127 Å². The highest BCUT2D eigenvalue weighted by Crippen LogP contribution is 2.23. The molecule has 0 spiro atoms. The monoisotopic (exact) mass is 293 g/mol. The molecule has 4 nitrogen and oxygen atoms in total. The van der Waals surface area contributed by atoms with E-state index < -0.39 is 6.10 Å². The number of aryl methyl sites for hydroxylation is 1. The smallest absolute Gasteiger partial charge is 0.119 e. The summed E-state index contributed by atoms with van der Waals surface area (Å²) in [7, 11) is 0. The molecule has 21 heavy (non-hydrogen) atoms. The number of hydrogen-bond donors (Lipinski definition) is 3. The first kappa shape index (κ1) is 16.3. The molecule has 0 aliphatic heterocycles. The lowest BCUT2D eigenvalue weighted by atomic mass is 9.87. The number of rotatable bonds is 7. The van der Waals surface area contributed by atoms with Crippen molar-refractivity contribution in [3.8, 4) is 5.75 Å². The summed E-state index contributed by atoms with van der Waals surface area (Å²) >= 11 is 0. The first-order valence-electron chi connectivity index (χ1n) is 7.90. The molecule has 1 aromatic carbocycles. The van der Waals surface area contributed by atoms with Crippen LogP contribution in [0.15, 0.2) is 24.3 Å². The Bertz CT molecular complexity index is 424. The van der Waals surface area contributed by atoms with Gasteiger partial charge in [-0.2, -0.15) is 0 Å². The fourth-order valence-corrected chi connectivity index (χ4v) is 2.86. The SMILES string of the molecule is Cc1cccc(OCC(O)CNCC2CCCC(O)C2)c1. The van der Waals surface area contributed by atoms with Crippen LogP contribution >= 0.6 is 0 Å². The van der Waals surface area contributed by atoms with Crippen molar-refractivity contribution in [2.24, 2.45) is 5.92 Å². The molecule has 3 atom stereocenters. The van der Waals surface area contributed by atoms with Crippen LogP contribution in [0.5, 0.6) is 5.75 Å². The van der Waals surface area contributed by atoms with Crippen molar-refractivity contribution in [2.45, 2.75) is 44.8 Å². The van der Waals surface area contributed by atoms with E-state index in [-0.39, 0.29) is 6.10 Å². The van der Waals surface area contributed by atoms with Crippen LogP contribution in [0.1, 0.15) is 31.2 Å². The predicted molar refractivity (Wildman–Crippen MR) is 83.5 cm³/mol. The molecule has 0 heterocycles. The standard InChI is InChI=1S/C17H27NO3/c1-13-4-2-7-17(8-13)21-12-16(20)11-18-10-14-5-3-6-15(19)9-14/h2,4,7-8,14-16,18-20H,3,5-6,9-12H2,1H3. The second-order valence-corrected chi connectivity index (χ2v) is 6.13. The van der Waals surface area contributed by atoms with E-state index in [1.807, 2.05) is 31.2 Å². The minimum absolute atomic E-state index is 0.139. The lowest BCUT2D eigenvalue weighted by Crippen LogP contribution is -2.36. The number of benzene rings is 1. The molecule has 3 N–H and O–H groups in total. The van der Waals surface area contributed by atoms with Gasteiger partial charge in [0.1, 0.15) is 18.5 Å². The van der Waals surface area contributed by atoms with Gasteiger partial charge in [0.25, 0.3) is 0 Å². The Kier molecular flexibility index (Phi) is 6.49. The second-order valence-electron chi connectivity index (χ2n) is 6.13. The molecular weight excluding hydrogens is 266 g/mol. The summed E-state index contributed by atoms with van der Waals surface area (Å²) in [5, 5.41) is 22.8. The zero-order valence-electron chi connectivity index (χ0n) is 12.8. The van der Waals surface area contributed by atoms with Crippen molar-refractivity contribution < 1.29 is 14.9 Å². The van der Waals surface area contributed by atoms with E-state index in [1.165, 1.54) is 6.42 Å². The largest absolute Gasteiger partial charge is 0.491 e. The van der Waals surface area contributed by atoms with Crippen LogP contribution in [0.2, 0.25) is 0 Å². The molecule has 3 unspecified atom stereocenters. The summed E-state index contributed by atoms with van der Waals surface area (Å²) in [6.45, 7) is 3.70. The molecule has 2 rings (SSSR count). The van der Waals surface area contributed by atoms with Gasteiger partial charge in [-0.3, -0.25) is 0 Å². The van der Waals surface area contributed by atoms with E-state index in [0.717, 1.165) is 37.1 Å². The highest BCUT2D eigenvalue weighted by atomic mass is 16.5. The highest BCUT2D eigenvalue weighted by Gasteiger charge is 2.19. The molecule has 118 valence electrons. The minimum atomic E-state index is -0.515. The Morgan fingerprint density at radius 2 is 2.24 bits per heavy atom. The number of aliphatic hydroxyl groups excluding tert-OH is 2. The van der Waals surface area contributed by atoms with Crippen molar-refractivity contribution in [3.05, 3.63) is 29.8 Å². The van der Waals surface area contributed by atoms with E-state index in [0.29, 0.717) is 19.1 Å². The van der Waals surface area contributed by atoms with Gasteiger partial charge in [0, 0.05) is 6.54 Å². The van der Waals surface area contributed by atoms with Crippen molar-refractivity contribution in [1.29, 1.82) is 0 Å². The number of aliphatic hydroxyl groups is 2. The van der Waals surface area contributed by atoms with E-state index in [2.05, 4.69) is 5.32 Å². The summed E-state index contributed by atoms with van der Waals surface area (Å²) in [4.78, 5) is 0. The minimum Gasteiger partial charge on any atom is -0.491 e. The van der Waals surface area contributed by atoms with Crippen LogP contribution in [0, 0.1) is 12.8 Å². The van der Waals surface area contributed by atoms with Crippen LogP contribution in [0.4, 0.5) is 0 Å². The molecule has 1 aromatic rings. The van der Waals surface area contributed by atoms with Crippen LogP contribution in [-0.2, 0) is 0 Å². The fraction of sp³-hybridized carbons (Fsp3) is 0.647. The van der Waals surface area contributed by atoms with Gasteiger partial charge in [0.2, 0.25) is 0 Å². The average molecular weight is 293 g/mol. The van der Waals surface area contributed by atoms with Gasteiger partial charge in [-0.1, -0.05) is 18.6 Å². The van der Waals surface area contributed by atoms with Gasteiger partial charge in [-0.25, -0.2) is 0 Å². The summed E-state index contributed by atoms with van der Waals surface area (Å²) in [6, 6.07) is 7.83. The molecule has 0 bridgehead atoms. The fourth-order valence-electron chi connectivity index (χ4n) is 2.86. The van der Waals surface area contributed by atoms with E-state index in [1.54, 1.807) is 0 Å². The molecular formula is C17H27NO3. The van der Waals surface area contributed by atoms with Crippen molar-refractivity contribution >= 4 is 0 Å². The van der Waals surface area contributed by atoms with Gasteiger partial charge in [-0.05, 0) is 56.3 Å². The van der Waals surface area contributed by atoms with E-state index >= 15 is 0 Å². The van der Waals surface area contributed by atoms with Gasteiger partial charge < -0.3 is 20.3 Å². The summed E-state index contributed by atoms with van der Waals surface area (Å²) in [5.74, 6) is 1.32. The maximum Gasteiger partial charge on any atom is 0.119 e. The third-order valence-electron chi connectivity index (χ3n) is 4.00. The third-order valence-corrected chi connectivity index (χ3v) is 4.00. The summed E-state index contributed by atoms with van der Waals surface area (Å²) in [6.07, 6.45) is 3.43. The van der Waals surface area contributed by atoms with E-state index in [4.69, 9.17) is 4.74 Å². The van der Waals surface area contributed by atoms with Gasteiger partial charge in [-0.15, -0.1) is 0 Å². The van der Waals surface area contributed by atoms with Crippen molar-refractivity contribution in [1.82, 2.24) is 5.32 Å². The molecule has 0 amide bonds. The van der Waals surface area contributed by atoms with Gasteiger partial charge >= 0.3 is 0 Å². The summed E-state index contributed by atoms with van der Waals surface area (Å²) in [5.41, 5.74) is 1.15. The van der Waals surface area contributed by atoms with Gasteiger partial charge in [0.05, 0.1) is 6.10 Å². The second kappa shape index (κ2) is 8.37. The van der Waals surface area contributed by atoms with Crippen LogP contribution < -0.4 is 10.1 Å².